The Hall–Kier alpha value is -2.26. The van der Waals surface area contributed by atoms with Crippen molar-refractivity contribution < 1.29 is 0 Å². The summed E-state index contributed by atoms with van der Waals surface area (Å²) < 4.78 is 0. The Morgan fingerprint density at radius 1 is 0.950 bits per heavy atom. The molecule has 1 heterocycles. The molecule has 0 saturated carbocycles. The molecule has 0 aliphatic carbocycles. The number of nitrogens with zero attached hydrogens (tertiary/aromatic N) is 2. The highest BCUT2D eigenvalue weighted by Crippen LogP contribution is 2.21. The molecular formula is C17H17N3. The number of hydrogen-bond acceptors (Lipinski definition) is 3. The van der Waals surface area contributed by atoms with Gasteiger partial charge in [-0.25, -0.2) is 4.98 Å². The Morgan fingerprint density at radius 2 is 1.60 bits per heavy atom. The van der Waals surface area contributed by atoms with Crippen LogP contribution in [0.15, 0.2) is 48.7 Å². The van der Waals surface area contributed by atoms with Crippen molar-refractivity contribution in [2.24, 2.45) is 5.73 Å². The van der Waals surface area contributed by atoms with Gasteiger partial charge >= 0.3 is 0 Å². The van der Waals surface area contributed by atoms with Crippen LogP contribution in [-0.2, 0) is 0 Å². The fraction of sp³-hybridized carbons (Fsp3) is 0.176. The normalized spacial score (nSPS) is 12.6. The molecular weight excluding hydrogens is 246 g/mol. The van der Waals surface area contributed by atoms with Crippen molar-refractivity contribution in [3.63, 3.8) is 0 Å². The summed E-state index contributed by atoms with van der Waals surface area (Å²) in [6.45, 7) is 4.16. The Bertz CT molecular complexity index is 745. The lowest BCUT2D eigenvalue weighted by Crippen LogP contribution is -2.14. The molecule has 0 spiro atoms. The van der Waals surface area contributed by atoms with Crippen LogP contribution in [0.2, 0.25) is 0 Å². The molecule has 0 amide bonds. The van der Waals surface area contributed by atoms with Gasteiger partial charge in [0.1, 0.15) is 0 Å². The predicted octanol–water partition coefficient (Wildman–Crippen LogP) is 3.29. The number of hydrogen-bond donors (Lipinski definition) is 1. The standard InChI is InChI=1S/C17H17N3/c1-11-7-12(2)9-13(8-11)17(18)16-10-19-14-5-3-4-6-15(14)20-16/h3-10,17H,18H2,1-2H3. The predicted molar refractivity (Wildman–Crippen MR) is 81.5 cm³/mol. The van der Waals surface area contributed by atoms with Crippen LogP contribution in [0.3, 0.4) is 0 Å². The number of aromatic nitrogens is 2. The van der Waals surface area contributed by atoms with Crippen molar-refractivity contribution in [3.05, 3.63) is 71.0 Å². The second-order valence-electron chi connectivity index (χ2n) is 5.18. The third-order valence-electron chi connectivity index (χ3n) is 3.39. The highest BCUT2D eigenvalue weighted by molar-refractivity contribution is 5.73. The zero-order valence-corrected chi connectivity index (χ0v) is 11.7. The second kappa shape index (κ2) is 5.02. The highest BCUT2D eigenvalue weighted by Gasteiger charge is 2.12. The van der Waals surface area contributed by atoms with E-state index >= 15 is 0 Å². The number of nitrogens with two attached hydrogens (primary N) is 1. The second-order valence-corrected chi connectivity index (χ2v) is 5.18. The third kappa shape index (κ3) is 2.40. The Morgan fingerprint density at radius 3 is 2.30 bits per heavy atom. The molecule has 2 aromatic carbocycles. The van der Waals surface area contributed by atoms with Gasteiger partial charge in [-0.05, 0) is 31.5 Å². The van der Waals surface area contributed by atoms with E-state index in [9.17, 15) is 0 Å². The van der Waals surface area contributed by atoms with Gasteiger partial charge in [0.25, 0.3) is 0 Å². The van der Waals surface area contributed by atoms with E-state index in [1.54, 1.807) is 6.20 Å². The van der Waals surface area contributed by atoms with Gasteiger partial charge in [0.15, 0.2) is 0 Å². The Kier molecular flexibility index (Phi) is 3.20. The minimum atomic E-state index is -0.245. The largest absolute Gasteiger partial charge is 0.319 e. The summed E-state index contributed by atoms with van der Waals surface area (Å²) in [5.74, 6) is 0. The lowest BCUT2D eigenvalue weighted by molar-refractivity contribution is 0.825. The van der Waals surface area contributed by atoms with E-state index in [2.05, 4.69) is 42.0 Å². The molecule has 1 unspecified atom stereocenters. The molecule has 1 atom stereocenters. The molecule has 0 saturated heterocycles. The molecule has 3 rings (SSSR count). The van der Waals surface area contributed by atoms with Crippen LogP contribution in [0.4, 0.5) is 0 Å². The van der Waals surface area contributed by atoms with Gasteiger partial charge in [0.2, 0.25) is 0 Å². The van der Waals surface area contributed by atoms with E-state index < -0.39 is 0 Å². The van der Waals surface area contributed by atoms with Gasteiger partial charge in [-0.2, -0.15) is 0 Å². The van der Waals surface area contributed by atoms with E-state index in [4.69, 9.17) is 5.73 Å². The van der Waals surface area contributed by atoms with E-state index in [0.717, 1.165) is 22.3 Å². The monoisotopic (exact) mass is 263 g/mol. The molecule has 0 radical (unpaired) electrons. The number of aryl methyl sites for hydroxylation is 2. The Labute approximate surface area is 118 Å². The van der Waals surface area contributed by atoms with Crippen LogP contribution < -0.4 is 5.73 Å². The van der Waals surface area contributed by atoms with E-state index in [-0.39, 0.29) is 6.04 Å². The lowest BCUT2D eigenvalue weighted by Gasteiger charge is -2.13. The molecule has 20 heavy (non-hydrogen) atoms. The zero-order valence-electron chi connectivity index (χ0n) is 11.7. The topological polar surface area (TPSA) is 51.8 Å². The van der Waals surface area contributed by atoms with Gasteiger partial charge in [0.05, 0.1) is 29.0 Å². The van der Waals surface area contributed by atoms with Crippen LogP contribution in [-0.4, -0.2) is 9.97 Å². The molecule has 3 nitrogen and oxygen atoms in total. The van der Waals surface area contributed by atoms with Gasteiger partial charge in [-0.15, -0.1) is 0 Å². The summed E-state index contributed by atoms with van der Waals surface area (Å²) in [6.07, 6.45) is 1.77. The molecule has 3 heteroatoms. The molecule has 0 bridgehead atoms. The summed E-state index contributed by atoms with van der Waals surface area (Å²) in [5.41, 5.74) is 12.4. The number of benzene rings is 2. The third-order valence-corrected chi connectivity index (χ3v) is 3.39. The molecule has 100 valence electrons. The summed E-state index contributed by atoms with van der Waals surface area (Å²) >= 11 is 0. The van der Waals surface area contributed by atoms with Crippen LogP contribution in [0.1, 0.15) is 28.4 Å². The fourth-order valence-electron chi connectivity index (χ4n) is 2.48. The van der Waals surface area contributed by atoms with Crippen LogP contribution >= 0.6 is 0 Å². The average Bonchev–Trinajstić information content (AvgIpc) is 2.45. The maximum atomic E-state index is 6.34. The molecule has 0 aliphatic rings. The summed E-state index contributed by atoms with van der Waals surface area (Å²) in [4.78, 5) is 9.05. The minimum Gasteiger partial charge on any atom is -0.319 e. The summed E-state index contributed by atoms with van der Waals surface area (Å²) in [7, 11) is 0. The van der Waals surface area contributed by atoms with Crippen LogP contribution in [0.25, 0.3) is 11.0 Å². The quantitative estimate of drug-likeness (QED) is 0.771. The van der Waals surface area contributed by atoms with Crippen molar-refractivity contribution in [2.45, 2.75) is 19.9 Å². The first kappa shape index (κ1) is 12.8. The minimum absolute atomic E-state index is 0.245. The molecule has 2 N–H and O–H groups in total. The molecule has 0 fully saturated rings. The Balaban J connectivity index is 2.05. The van der Waals surface area contributed by atoms with Gasteiger partial charge in [-0.1, -0.05) is 41.5 Å². The van der Waals surface area contributed by atoms with Crippen molar-refractivity contribution in [3.8, 4) is 0 Å². The fourth-order valence-corrected chi connectivity index (χ4v) is 2.48. The highest BCUT2D eigenvalue weighted by atomic mass is 14.8. The lowest BCUT2D eigenvalue weighted by atomic mass is 10.00. The van der Waals surface area contributed by atoms with Crippen molar-refractivity contribution in [1.29, 1.82) is 0 Å². The summed E-state index contributed by atoms with van der Waals surface area (Å²) in [6, 6.07) is 13.9. The summed E-state index contributed by atoms with van der Waals surface area (Å²) in [5, 5.41) is 0. The van der Waals surface area contributed by atoms with Crippen molar-refractivity contribution in [2.75, 3.05) is 0 Å². The van der Waals surface area contributed by atoms with Gasteiger partial charge < -0.3 is 5.73 Å². The maximum Gasteiger partial charge on any atom is 0.0890 e. The number of para-hydroxylation sites is 2. The smallest absolute Gasteiger partial charge is 0.0890 e. The van der Waals surface area contributed by atoms with Gasteiger partial charge in [0, 0.05) is 0 Å². The van der Waals surface area contributed by atoms with E-state index in [1.165, 1.54) is 11.1 Å². The average molecular weight is 263 g/mol. The van der Waals surface area contributed by atoms with Gasteiger partial charge in [-0.3, -0.25) is 4.98 Å². The zero-order chi connectivity index (χ0) is 14.1. The van der Waals surface area contributed by atoms with Crippen molar-refractivity contribution >= 4 is 11.0 Å². The van der Waals surface area contributed by atoms with E-state index in [0.29, 0.717) is 0 Å². The van der Waals surface area contributed by atoms with E-state index in [1.807, 2.05) is 24.3 Å². The van der Waals surface area contributed by atoms with Crippen molar-refractivity contribution in [1.82, 2.24) is 9.97 Å². The van der Waals surface area contributed by atoms with Crippen LogP contribution in [0, 0.1) is 13.8 Å². The van der Waals surface area contributed by atoms with Crippen LogP contribution in [0.5, 0.6) is 0 Å². The molecule has 3 aromatic rings. The first-order valence-electron chi connectivity index (χ1n) is 6.69. The molecule has 1 aromatic heterocycles. The number of fused-ring (bicyclic) bond motifs is 1. The number of rotatable bonds is 2. The first-order valence-corrected chi connectivity index (χ1v) is 6.69. The maximum absolute atomic E-state index is 6.34. The SMILES string of the molecule is Cc1cc(C)cc(C(N)c2cnc3ccccc3n2)c1. The molecule has 0 aliphatic heterocycles. The first-order chi connectivity index (χ1) is 9.63.